The molecule has 0 unspecified atom stereocenters. The van der Waals surface area contributed by atoms with Crippen molar-refractivity contribution in [2.75, 3.05) is 46.9 Å². The third kappa shape index (κ3) is 6.44. The summed E-state index contributed by atoms with van der Waals surface area (Å²) in [6.45, 7) is 1.57. The molecule has 0 aliphatic carbocycles. The maximum absolute atomic E-state index is 8.04. The average Bonchev–Trinajstić information content (AvgIpc) is 3.29. The summed E-state index contributed by atoms with van der Waals surface area (Å²) in [6, 6.07) is 15.2. The maximum atomic E-state index is 8.04. The Morgan fingerprint density at radius 3 is 1.82 bits per heavy atom. The van der Waals surface area contributed by atoms with E-state index in [1.807, 2.05) is 65.6 Å². The van der Waals surface area contributed by atoms with Crippen molar-refractivity contribution in [3.05, 3.63) is 65.9 Å². The van der Waals surface area contributed by atoms with Crippen LogP contribution in [0.25, 0.3) is 16.9 Å². The zero-order valence-corrected chi connectivity index (χ0v) is 19.8. The number of aromatic nitrogens is 2. The quantitative estimate of drug-likeness (QED) is 0.189. The van der Waals surface area contributed by atoms with Crippen molar-refractivity contribution in [1.82, 2.24) is 9.55 Å². The molecular weight excluding hydrogens is 440 g/mol. The molecule has 0 spiro atoms. The number of ether oxygens (including phenoxy) is 4. The minimum atomic E-state index is 0.116. The SMILES string of the molecule is COCCOC(=N)c1ccc(-c2cn(-c3ccc(C(=N)OCCOC)cc3)c(SC)n2)cc1. The number of methoxy groups -OCH3 is 2. The lowest BCUT2D eigenvalue weighted by Crippen LogP contribution is -2.10. The highest BCUT2D eigenvalue weighted by Gasteiger charge is 2.12. The molecule has 0 aliphatic heterocycles. The van der Waals surface area contributed by atoms with Crippen LogP contribution in [0.1, 0.15) is 11.1 Å². The first-order valence-corrected chi connectivity index (χ1v) is 11.6. The van der Waals surface area contributed by atoms with E-state index in [-0.39, 0.29) is 11.8 Å². The lowest BCUT2D eigenvalue weighted by Gasteiger charge is -2.09. The smallest absolute Gasteiger partial charge is 0.213 e. The number of benzene rings is 2. The molecule has 0 aliphatic rings. The van der Waals surface area contributed by atoms with Gasteiger partial charge in [-0.05, 0) is 42.7 Å². The summed E-state index contributed by atoms with van der Waals surface area (Å²) in [5.74, 6) is 0.234. The van der Waals surface area contributed by atoms with Gasteiger partial charge in [0.15, 0.2) is 5.16 Å². The van der Waals surface area contributed by atoms with Crippen molar-refractivity contribution < 1.29 is 18.9 Å². The van der Waals surface area contributed by atoms with E-state index in [4.69, 9.17) is 34.7 Å². The third-order valence-corrected chi connectivity index (χ3v) is 5.43. The molecule has 0 amide bonds. The Morgan fingerprint density at radius 1 is 0.818 bits per heavy atom. The van der Waals surface area contributed by atoms with E-state index in [1.54, 1.807) is 26.0 Å². The van der Waals surface area contributed by atoms with Crippen LogP contribution in [-0.4, -0.2) is 68.2 Å². The van der Waals surface area contributed by atoms with E-state index >= 15 is 0 Å². The molecular formula is C24H28N4O4S. The monoisotopic (exact) mass is 468 g/mol. The second kappa shape index (κ2) is 12.2. The summed E-state index contributed by atoms with van der Waals surface area (Å²) >= 11 is 1.55. The van der Waals surface area contributed by atoms with Crippen LogP contribution in [0.4, 0.5) is 0 Å². The number of rotatable bonds is 11. The minimum absolute atomic E-state index is 0.116. The highest BCUT2D eigenvalue weighted by Crippen LogP contribution is 2.26. The molecule has 33 heavy (non-hydrogen) atoms. The van der Waals surface area contributed by atoms with Crippen LogP contribution in [0.5, 0.6) is 0 Å². The zero-order chi connectivity index (χ0) is 23.6. The third-order valence-electron chi connectivity index (χ3n) is 4.77. The average molecular weight is 469 g/mol. The molecule has 2 aromatic carbocycles. The molecule has 0 saturated heterocycles. The van der Waals surface area contributed by atoms with Gasteiger partial charge in [0, 0.05) is 42.8 Å². The van der Waals surface area contributed by atoms with Crippen LogP contribution in [0.2, 0.25) is 0 Å². The van der Waals surface area contributed by atoms with Gasteiger partial charge in [0.2, 0.25) is 11.8 Å². The van der Waals surface area contributed by atoms with Gasteiger partial charge in [0.1, 0.15) is 13.2 Å². The normalized spacial score (nSPS) is 10.8. The van der Waals surface area contributed by atoms with Crippen molar-refractivity contribution in [1.29, 1.82) is 10.8 Å². The van der Waals surface area contributed by atoms with Gasteiger partial charge >= 0.3 is 0 Å². The fraction of sp³-hybridized carbons (Fsp3) is 0.292. The Morgan fingerprint density at radius 2 is 1.33 bits per heavy atom. The molecule has 0 saturated carbocycles. The van der Waals surface area contributed by atoms with E-state index in [1.165, 1.54) is 0 Å². The van der Waals surface area contributed by atoms with E-state index in [2.05, 4.69) is 0 Å². The second-order valence-corrected chi connectivity index (χ2v) is 7.72. The molecule has 3 rings (SSSR count). The Labute approximate surface area is 197 Å². The van der Waals surface area contributed by atoms with Crippen molar-refractivity contribution >= 4 is 23.6 Å². The Bertz CT molecular complexity index is 1070. The molecule has 0 atom stereocenters. The predicted octanol–water partition coefficient (Wildman–Crippen LogP) is 4.24. The first-order valence-electron chi connectivity index (χ1n) is 10.3. The topological polar surface area (TPSA) is 102 Å². The highest BCUT2D eigenvalue weighted by atomic mass is 32.2. The van der Waals surface area contributed by atoms with E-state index in [9.17, 15) is 0 Å². The van der Waals surface area contributed by atoms with Gasteiger partial charge < -0.3 is 18.9 Å². The molecule has 0 fully saturated rings. The fourth-order valence-corrected chi connectivity index (χ4v) is 3.56. The molecule has 0 radical (unpaired) electrons. The van der Waals surface area contributed by atoms with E-state index in [0.29, 0.717) is 37.6 Å². The molecule has 174 valence electrons. The highest BCUT2D eigenvalue weighted by molar-refractivity contribution is 7.98. The second-order valence-electron chi connectivity index (χ2n) is 6.95. The first kappa shape index (κ1) is 24.5. The number of nitrogens with zero attached hydrogens (tertiary/aromatic N) is 2. The van der Waals surface area contributed by atoms with Gasteiger partial charge in [0.25, 0.3) is 0 Å². The first-order chi connectivity index (χ1) is 16.1. The fourth-order valence-electron chi connectivity index (χ4n) is 3.02. The number of thioether (sulfide) groups is 1. The van der Waals surface area contributed by atoms with E-state index in [0.717, 1.165) is 22.1 Å². The van der Waals surface area contributed by atoms with Gasteiger partial charge in [0.05, 0.1) is 18.9 Å². The molecule has 8 nitrogen and oxygen atoms in total. The molecule has 1 aromatic heterocycles. The summed E-state index contributed by atoms with van der Waals surface area (Å²) in [5, 5.41) is 16.9. The summed E-state index contributed by atoms with van der Waals surface area (Å²) in [5.41, 5.74) is 4.12. The number of hydrogen-bond donors (Lipinski definition) is 2. The maximum Gasteiger partial charge on any atom is 0.213 e. The summed E-state index contributed by atoms with van der Waals surface area (Å²) in [7, 11) is 3.20. The van der Waals surface area contributed by atoms with Crippen LogP contribution in [-0.2, 0) is 18.9 Å². The lowest BCUT2D eigenvalue weighted by atomic mass is 10.1. The Balaban J connectivity index is 1.75. The molecule has 3 aromatic rings. The van der Waals surface area contributed by atoms with Crippen LogP contribution < -0.4 is 0 Å². The summed E-state index contributed by atoms with van der Waals surface area (Å²) < 4.78 is 22.7. The van der Waals surface area contributed by atoms with Crippen LogP contribution >= 0.6 is 11.8 Å². The van der Waals surface area contributed by atoms with Crippen LogP contribution in [0, 0.1) is 10.8 Å². The standard InChI is InChI=1S/C24H28N4O4S/c1-29-12-14-31-22(25)18-6-4-17(5-7-18)21-16-28(24(27-21)33-3)20-10-8-19(9-11-20)23(26)32-15-13-30-2/h4-11,16,25-26H,12-15H2,1-3H3. The molecule has 9 heteroatoms. The van der Waals surface area contributed by atoms with Gasteiger partial charge in [-0.1, -0.05) is 23.9 Å². The number of hydrogen-bond acceptors (Lipinski definition) is 8. The van der Waals surface area contributed by atoms with Crippen molar-refractivity contribution in [3.63, 3.8) is 0 Å². The summed E-state index contributed by atoms with van der Waals surface area (Å²) in [4.78, 5) is 4.76. The zero-order valence-electron chi connectivity index (χ0n) is 19.0. The molecule has 1 heterocycles. The van der Waals surface area contributed by atoms with Crippen molar-refractivity contribution in [2.45, 2.75) is 5.16 Å². The van der Waals surface area contributed by atoms with Crippen LogP contribution in [0.15, 0.2) is 59.9 Å². The molecule has 2 N–H and O–H groups in total. The van der Waals surface area contributed by atoms with Crippen molar-refractivity contribution in [3.8, 4) is 16.9 Å². The van der Waals surface area contributed by atoms with E-state index < -0.39 is 0 Å². The summed E-state index contributed by atoms with van der Waals surface area (Å²) in [6.07, 6.45) is 3.97. The minimum Gasteiger partial charge on any atom is -0.475 e. The lowest BCUT2D eigenvalue weighted by molar-refractivity contribution is 0.141. The Hall–Kier alpha value is -3.14. The number of imidazole rings is 1. The van der Waals surface area contributed by atoms with Crippen LogP contribution in [0.3, 0.4) is 0 Å². The number of nitrogens with one attached hydrogen (secondary N) is 2. The predicted molar refractivity (Wildman–Crippen MR) is 130 cm³/mol. The van der Waals surface area contributed by atoms with Crippen molar-refractivity contribution in [2.24, 2.45) is 0 Å². The molecule has 0 bridgehead atoms. The van der Waals surface area contributed by atoms with Gasteiger partial charge in [-0.15, -0.1) is 0 Å². The largest absolute Gasteiger partial charge is 0.475 e. The Kier molecular flexibility index (Phi) is 9.05. The van der Waals surface area contributed by atoms with Gasteiger partial charge in [-0.3, -0.25) is 15.4 Å². The van der Waals surface area contributed by atoms with Gasteiger partial charge in [-0.25, -0.2) is 4.98 Å². The van der Waals surface area contributed by atoms with Gasteiger partial charge in [-0.2, -0.15) is 0 Å².